The van der Waals surface area contributed by atoms with Gasteiger partial charge in [-0.3, -0.25) is 0 Å². The van der Waals surface area contributed by atoms with Gasteiger partial charge in [-0.15, -0.1) is 0 Å². The minimum atomic E-state index is -0.863. The Labute approximate surface area is 84.5 Å². The number of hydrogen-bond donors (Lipinski definition) is 1. The molecule has 0 unspecified atom stereocenters. The first-order valence-corrected chi connectivity index (χ1v) is 4.82. The van der Waals surface area contributed by atoms with Crippen molar-refractivity contribution >= 4 is 5.97 Å². The summed E-state index contributed by atoms with van der Waals surface area (Å²) in [7, 11) is 0. The fraction of sp³-hybridized carbons (Fsp3) is 0.700. The van der Waals surface area contributed by atoms with E-state index in [2.05, 4.69) is 0 Å². The number of aliphatic carboxylic acids is 1. The quantitative estimate of drug-likeness (QED) is 0.709. The number of carboxylic acid groups (broad SMARTS) is 1. The summed E-state index contributed by atoms with van der Waals surface area (Å²) >= 11 is 0. The molecule has 14 heavy (non-hydrogen) atoms. The van der Waals surface area contributed by atoms with Gasteiger partial charge in [-0.2, -0.15) is 0 Å². The second-order valence-electron chi connectivity index (χ2n) is 2.82. The zero-order valence-electron chi connectivity index (χ0n) is 8.57. The summed E-state index contributed by atoms with van der Waals surface area (Å²) < 4.78 is 9.69. The van der Waals surface area contributed by atoms with E-state index < -0.39 is 5.97 Å². The van der Waals surface area contributed by atoms with Gasteiger partial charge in [-0.1, -0.05) is 19.4 Å². The molecule has 1 saturated heterocycles. The van der Waals surface area contributed by atoms with Gasteiger partial charge in [-0.25, -0.2) is 4.79 Å². The molecule has 1 N–H and O–H groups in total. The van der Waals surface area contributed by atoms with E-state index in [9.17, 15) is 4.79 Å². The van der Waals surface area contributed by atoms with Crippen molar-refractivity contribution in [3.05, 3.63) is 12.2 Å². The fourth-order valence-corrected chi connectivity index (χ4v) is 0.791. The van der Waals surface area contributed by atoms with Crippen molar-refractivity contribution in [2.75, 3.05) is 20.0 Å². The Morgan fingerprint density at radius 3 is 2.36 bits per heavy atom. The van der Waals surface area contributed by atoms with Crippen LogP contribution < -0.4 is 0 Å². The van der Waals surface area contributed by atoms with Crippen LogP contribution in [0.4, 0.5) is 0 Å². The average Bonchev–Trinajstić information content (AvgIpc) is 2.21. The van der Waals surface area contributed by atoms with Crippen LogP contribution in [0.2, 0.25) is 0 Å². The monoisotopic (exact) mass is 202 g/mol. The Bertz CT molecular complexity index is 150. The van der Waals surface area contributed by atoms with Crippen molar-refractivity contribution in [1.29, 1.82) is 0 Å². The summed E-state index contributed by atoms with van der Waals surface area (Å²) in [4.78, 5) is 9.79. The molecule has 0 amide bonds. The van der Waals surface area contributed by atoms with Gasteiger partial charge >= 0.3 is 5.97 Å². The lowest BCUT2D eigenvalue weighted by Gasteiger charge is -2.09. The molecule has 0 spiro atoms. The van der Waals surface area contributed by atoms with Crippen LogP contribution in [0, 0.1) is 0 Å². The molecule has 0 aromatic rings. The lowest BCUT2D eigenvalue weighted by molar-refractivity contribution is -0.131. The van der Waals surface area contributed by atoms with Gasteiger partial charge in [0, 0.05) is 6.08 Å². The molecule has 0 aromatic heterocycles. The first-order valence-electron chi connectivity index (χ1n) is 4.82. The summed E-state index contributed by atoms with van der Waals surface area (Å²) in [6.07, 6.45) is 5.74. The maximum atomic E-state index is 9.79. The zero-order valence-corrected chi connectivity index (χ0v) is 8.57. The Hall–Kier alpha value is -0.870. The van der Waals surface area contributed by atoms with Crippen molar-refractivity contribution in [2.45, 2.75) is 26.2 Å². The van der Waals surface area contributed by atoms with Crippen LogP contribution in [0.3, 0.4) is 0 Å². The second kappa shape index (κ2) is 10.2. The molecule has 1 fully saturated rings. The van der Waals surface area contributed by atoms with Crippen molar-refractivity contribution in [1.82, 2.24) is 0 Å². The molecule has 82 valence electrons. The van der Waals surface area contributed by atoms with Crippen LogP contribution in [0.25, 0.3) is 0 Å². The van der Waals surface area contributed by atoms with E-state index in [-0.39, 0.29) is 0 Å². The van der Waals surface area contributed by atoms with Crippen molar-refractivity contribution in [2.24, 2.45) is 0 Å². The molecule has 0 aromatic carbocycles. The van der Waals surface area contributed by atoms with E-state index in [1.54, 1.807) is 6.08 Å². The number of carbonyl (C=O) groups is 1. The molecule has 4 nitrogen and oxygen atoms in total. The fourth-order valence-electron chi connectivity index (χ4n) is 0.791. The molecule has 0 aliphatic carbocycles. The van der Waals surface area contributed by atoms with Crippen LogP contribution in [0.15, 0.2) is 12.2 Å². The van der Waals surface area contributed by atoms with Gasteiger partial charge in [0.15, 0.2) is 0 Å². The van der Waals surface area contributed by atoms with Crippen molar-refractivity contribution < 1.29 is 19.4 Å². The molecular formula is C10H18O4. The third kappa shape index (κ3) is 11.1. The third-order valence-corrected chi connectivity index (χ3v) is 1.46. The second-order valence-corrected chi connectivity index (χ2v) is 2.82. The van der Waals surface area contributed by atoms with Crippen molar-refractivity contribution in [3.63, 3.8) is 0 Å². The Morgan fingerprint density at radius 1 is 1.43 bits per heavy atom. The number of carboxylic acids is 1. The summed E-state index contributed by atoms with van der Waals surface area (Å²) in [5.41, 5.74) is 0. The van der Waals surface area contributed by atoms with Crippen LogP contribution in [0.5, 0.6) is 0 Å². The lowest BCUT2D eigenvalue weighted by Crippen LogP contribution is -2.11. The SMILES string of the molecule is C1COCOC1.CCCC=CC(=O)O. The van der Waals surface area contributed by atoms with E-state index in [4.69, 9.17) is 14.6 Å². The van der Waals surface area contributed by atoms with Gasteiger partial charge in [0.1, 0.15) is 6.79 Å². The third-order valence-electron chi connectivity index (χ3n) is 1.46. The van der Waals surface area contributed by atoms with Gasteiger partial charge in [0.05, 0.1) is 13.2 Å². The number of allylic oxidation sites excluding steroid dienone is 1. The average molecular weight is 202 g/mol. The van der Waals surface area contributed by atoms with E-state index in [0.717, 1.165) is 32.5 Å². The van der Waals surface area contributed by atoms with Crippen LogP contribution in [-0.4, -0.2) is 31.1 Å². The maximum absolute atomic E-state index is 9.79. The molecule has 1 aliphatic heterocycles. The highest BCUT2D eigenvalue weighted by molar-refractivity contribution is 5.79. The Balaban J connectivity index is 0.000000249. The molecule has 0 saturated carbocycles. The summed E-state index contributed by atoms with van der Waals surface area (Å²) in [5, 5.41) is 8.05. The van der Waals surface area contributed by atoms with E-state index >= 15 is 0 Å². The van der Waals surface area contributed by atoms with E-state index in [0.29, 0.717) is 6.79 Å². The smallest absolute Gasteiger partial charge is 0.327 e. The minimum Gasteiger partial charge on any atom is -0.478 e. The molecule has 1 heterocycles. The topological polar surface area (TPSA) is 55.8 Å². The normalized spacial score (nSPS) is 16.1. The Kier molecular flexibility index (Phi) is 9.58. The van der Waals surface area contributed by atoms with E-state index in [1.165, 1.54) is 6.08 Å². The molecule has 0 atom stereocenters. The van der Waals surface area contributed by atoms with E-state index in [1.807, 2.05) is 6.92 Å². The highest BCUT2D eigenvalue weighted by Crippen LogP contribution is 1.91. The van der Waals surface area contributed by atoms with Gasteiger partial charge in [-0.05, 0) is 12.8 Å². The standard InChI is InChI=1S/C6H10O2.C4H8O2/c1-2-3-4-5-6(7)8;1-2-5-4-6-3-1/h4-5H,2-3H2,1H3,(H,7,8);1-4H2. The number of hydrogen-bond acceptors (Lipinski definition) is 3. The predicted octanol–water partition coefficient (Wildman–Crippen LogP) is 1.81. The number of rotatable bonds is 3. The van der Waals surface area contributed by atoms with Crippen molar-refractivity contribution in [3.8, 4) is 0 Å². The minimum absolute atomic E-state index is 0.500. The highest BCUT2D eigenvalue weighted by atomic mass is 16.7. The summed E-state index contributed by atoms with van der Waals surface area (Å²) in [6, 6.07) is 0. The maximum Gasteiger partial charge on any atom is 0.327 e. The zero-order chi connectivity index (χ0) is 10.6. The van der Waals surface area contributed by atoms with Crippen LogP contribution in [0.1, 0.15) is 26.2 Å². The first kappa shape index (κ1) is 13.1. The van der Waals surface area contributed by atoms with Gasteiger partial charge in [0.25, 0.3) is 0 Å². The van der Waals surface area contributed by atoms with Gasteiger partial charge in [0.2, 0.25) is 0 Å². The first-order chi connectivity index (χ1) is 6.77. The molecule has 4 heteroatoms. The number of ether oxygens (including phenoxy) is 2. The molecule has 0 radical (unpaired) electrons. The van der Waals surface area contributed by atoms with Crippen LogP contribution in [-0.2, 0) is 14.3 Å². The summed E-state index contributed by atoms with van der Waals surface area (Å²) in [5.74, 6) is -0.863. The molecular weight excluding hydrogens is 184 g/mol. The summed E-state index contributed by atoms with van der Waals surface area (Å²) in [6.45, 7) is 4.26. The lowest BCUT2D eigenvalue weighted by atomic mass is 10.3. The number of unbranched alkanes of at least 4 members (excludes halogenated alkanes) is 1. The molecule has 0 bridgehead atoms. The predicted molar refractivity (Wildman–Crippen MR) is 53.1 cm³/mol. The van der Waals surface area contributed by atoms with Crippen LogP contribution >= 0.6 is 0 Å². The van der Waals surface area contributed by atoms with Gasteiger partial charge < -0.3 is 14.6 Å². The Morgan fingerprint density at radius 2 is 2.07 bits per heavy atom. The molecule has 1 aliphatic rings. The molecule has 1 rings (SSSR count). The largest absolute Gasteiger partial charge is 0.478 e. The highest BCUT2D eigenvalue weighted by Gasteiger charge is 1.94.